The highest BCUT2D eigenvalue weighted by molar-refractivity contribution is 6.06. The number of nitrogens with one attached hydrogen (secondary N) is 1. The molecule has 1 heterocycles. The number of para-hydroxylation sites is 1. The van der Waals surface area contributed by atoms with Crippen molar-refractivity contribution >= 4 is 28.5 Å². The zero-order valence-corrected chi connectivity index (χ0v) is 16.1. The average Bonchev–Trinajstić information content (AvgIpc) is 2.73. The predicted molar refractivity (Wildman–Crippen MR) is 108 cm³/mol. The third kappa shape index (κ3) is 3.97. The number of fused-ring (bicyclic) bond motifs is 2. The lowest BCUT2D eigenvalue weighted by Crippen LogP contribution is -2.22. The van der Waals surface area contributed by atoms with Crippen LogP contribution in [0.1, 0.15) is 40.0 Å². The quantitative estimate of drug-likeness (QED) is 0.670. The Morgan fingerprint density at radius 3 is 2.76 bits per heavy atom. The lowest BCUT2D eigenvalue weighted by molar-refractivity contribution is -0.119. The van der Waals surface area contributed by atoms with Gasteiger partial charge in [-0.15, -0.1) is 0 Å². The van der Waals surface area contributed by atoms with Gasteiger partial charge in [0.05, 0.1) is 11.1 Å². The van der Waals surface area contributed by atoms with Crippen LogP contribution in [0.15, 0.2) is 42.5 Å². The van der Waals surface area contributed by atoms with E-state index in [1.807, 2.05) is 24.3 Å². The second kappa shape index (κ2) is 7.99. The molecule has 3 aromatic rings. The van der Waals surface area contributed by atoms with Crippen molar-refractivity contribution in [2.45, 2.75) is 32.6 Å². The summed E-state index contributed by atoms with van der Waals surface area (Å²) in [6, 6.07) is 11.9. The van der Waals surface area contributed by atoms with E-state index in [4.69, 9.17) is 9.72 Å². The first kappa shape index (κ1) is 19.1. The van der Waals surface area contributed by atoms with Crippen molar-refractivity contribution in [1.82, 2.24) is 4.98 Å². The van der Waals surface area contributed by atoms with E-state index >= 15 is 0 Å². The maximum atomic E-state index is 13.6. The SMILES string of the molecule is Cc1ccc(NC(=O)COC(=O)c2c3c(nc4ccccc24)CCCC3)cc1F. The number of carbonyl (C=O) groups excluding carboxylic acids is 2. The largest absolute Gasteiger partial charge is 0.452 e. The lowest BCUT2D eigenvalue weighted by Gasteiger charge is -2.19. The first-order valence-electron chi connectivity index (χ1n) is 9.66. The number of rotatable bonds is 4. The first-order chi connectivity index (χ1) is 14.0. The predicted octanol–water partition coefficient (Wildman–Crippen LogP) is 4.36. The molecule has 0 unspecified atom stereocenters. The van der Waals surface area contributed by atoms with Gasteiger partial charge in [-0.05, 0) is 61.9 Å². The molecule has 0 radical (unpaired) electrons. The molecule has 1 aliphatic rings. The van der Waals surface area contributed by atoms with Crippen molar-refractivity contribution in [2.24, 2.45) is 0 Å². The van der Waals surface area contributed by atoms with Gasteiger partial charge < -0.3 is 10.1 Å². The van der Waals surface area contributed by atoms with Gasteiger partial charge in [-0.3, -0.25) is 9.78 Å². The Bertz CT molecular complexity index is 1110. The van der Waals surface area contributed by atoms with Crippen LogP contribution in [0.5, 0.6) is 0 Å². The van der Waals surface area contributed by atoms with Crippen LogP contribution >= 0.6 is 0 Å². The van der Waals surface area contributed by atoms with E-state index in [0.717, 1.165) is 47.8 Å². The Morgan fingerprint density at radius 1 is 1.14 bits per heavy atom. The zero-order chi connectivity index (χ0) is 20.4. The fourth-order valence-electron chi connectivity index (χ4n) is 3.68. The number of aromatic nitrogens is 1. The second-order valence-electron chi connectivity index (χ2n) is 7.22. The number of amides is 1. The van der Waals surface area contributed by atoms with Gasteiger partial charge in [0, 0.05) is 16.8 Å². The Morgan fingerprint density at radius 2 is 1.93 bits per heavy atom. The smallest absolute Gasteiger partial charge is 0.339 e. The van der Waals surface area contributed by atoms with Crippen LogP contribution in [-0.4, -0.2) is 23.5 Å². The van der Waals surface area contributed by atoms with Crippen LogP contribution in [0, 0.1) is 12.7 Å². The number of hydrogen-bond acceptors (Lipinski definition) is 4. The minimum Gasteiger partial charge on any atom is -0.452 e. The molecule has 1 aliphatic carbocycles. The van der Waals surface area contributed by atoms with Gasteiger partial charge in [-0.1, -0.05) is 24.3 Å². The highest BCUT2D eigenvalue weighted by atomic mass is 19.1. The van der Waals surface area contributed by atoms with Gasteiger partial charge in [0.1, 0.15) is 5.82 Å². The Labute approximate surface area is 167 Å². The number of anilines is 1. The minimum absolute atomic E-state index is 0.320. The molecule has 0 spiro atoms. The molecule has 0 aliphatic heterocycles. The Balaban J connectivity index is 1.53. The zero-order valence-electron chi connectivity index (χ0n) is 16.1. The maximum absolute atomic E-state index is 13.6. The molecular weight excluding hydrogens is 371 g/mol. The van der Waals surface area contributed by atoms with Crippen LogP contribution in [0.3, 0.4) is 0 Å². The van der Waals surface area contributed by atoms with Gasteiger partial charge in [-0.2, -0.15) is 0 Å². The summed E-state index contributed by atoms with van der Waals surface area (Å²) in [7, 11) is 0. The Hall–Kier alpha value is -3.28. The number of aryl methyl sites for hydroxylation is 2. The molecule has 0 saturated heterocycles. The van der Waals surface area contributed by atoms with Crippen molar-refractivity contribution in [3.05, 3.63) is 70.7 Å². The van der Waals surface area contributed by atoms with Crippen LogP contribution < -0.4 is 5.32 Å². The first-order valence-corrected chi connectivity index (χ1v) is 9.66. The van der Waals surface area contributed by atoms with Crippen molar-refractivity contribution in [2.75, 3.05) is 11.9 Å². The highest BCUT2D eigenvalue weighted by Crippen LogP contribution is 2.29. The van der Waals surface area contributed by atoms with Gasteiger partial charge in [0.15, 0.2) is 6.61 Å². The van der Waals surface area contributed by atoms with E-state index in [9.17, 15) is 14.0 Å². The van der Waals surface area contributed by atoms with E-state index < -0.39 is 24.3 Å². The molecule has 29 heavy (non-hydrogen) atoms. The molecule has 1 amide bonds. The molecule has 2 aromatic carbocycles. The number of halogens is 1. The van der Waals surface area contributed by atoms with E-state index in [-0.39, 0.29) is 0 Å². The highest BCUT2D eigenvalue weighted by Gasteiger charge is 2.24. The molecular formula is C23H21FN2O3. The summed E-state index contributed by atoms with van der Waals surface area (Å²) in [5.74, 6) is -1.46. The summed E-state index contributed by atoms with van der Waals surface area (Å²) < 4.78 is 18.9. The van der Waals surface area contributed by atoms with E-state index in [1.165, 1.54) is 6.07 Å². The fraction of sp³-hybridized carbons (Fsp3) is 0.261. The number of ether oxygens (including phenoxy) is 1. The third-order valence-electron chi connectivity index (χ3n) is 5.16. The number of benzene rings is 2. The summed E-state index contributed by atoms with van der Waals surface area (Å²) in [5.41, 5.74) is 3.91. The number of hydrogen-bond donors (Lipinski definition) is 1. The van der Waals surface area contributed by atoms with Crippen LogP contribution in [0.4, 0.5) is 10.1 Å². The molecule has 0 fully saturated rings. The molecule has 148 valence electrons. The van der Waals surface area contributed by atoms with Crippen molar-refractivity contribution in [3.63, 3.8) is 0 Å². The number of carbonyl (C=O) groups is 2. The van der Waals surface area contributed by atoms with Gasteiger partial charge in [0.25, 0.3) is 5.91 Å². The molecule has 5 nitrogen and oxygen atoms in total. The van der Waals surface area contributed by atoms with Gasteiger partial charge in [-0.25, -0.2) is 9.18 Å². The number of esters is 1. The minimum atomic E-state index is -0.535. The fourth-order valence-corrected chi connectivity index (χ4v) is 3.68. The summed E-state index contributed by atoms with van der Waals surface area (Å²) in [5, 5.41) is 3.28. The van der Waals surface area contributed by atoms with Gasteiger partial charge in [0.2, 0.25) is 0 Å². The molecule has 4 rings (SSSR count). The topological polar surface area (TPSA) is 68.3 Å². The summed E-state index contributed by atoms with van der Waals surface area (Å²) in [6.07, 6.45) is 3.64. The van der Waals surface area contributed by atoms with E-state index in [1.54, 1.807) is 19.1 Å². The summed E-state index contributed by atoms with van der Waals surface area (Å²) in [6.45, 7) is 1.20. The summed E-state index contributed by atoms with van der Waals surface area (Å²) in [4.78, 5) is 29.8. The van der Waals surface area contributed by atoms with Crippen LogP contribution in [0.2, 0.25) is 0 Å². The monoisotopic (exact) mass is 392 g/mol. The van der Waals surface area contributed by atoms with Crippen molar-refractivity contribution < 1.29 is 18.7 Å². The second-order valence-corrected chi connectivity index (χ2v) is 7.22. The standard InChI is InChI=1S/C23H21FN2O3/c1-14-10-11-15(12-18(14)24)25-21(27)13-29-23(28)22-16-6-2-4-8-19(16)26-20-9-5-3-7-17(20)22/h2,4,6,8,10-12H,3,5,7,9,13H2,1H3,(H,25,27). The molecule has 0 bridgehead atoms. The third-order valence-corrected chi connectivity index (χ3v) is 5.16. The summed E-state index contributed by atoms with van der Waals surface area (Å²) >= 11 is 0. The van der Waals surface area contributed by atoms with E-state index in [0.29, 0.717) is 16.8 Å². The normalized spacial score (nSPS) is 13.0. The average molecular weight is 392 g/mol. The number of pyridine rings is 1. The lowest BCUT2D eigenvalue weighted by atomic mass is 9.90. The van der Waals surface area contributed by atoms with Crippen molar-refractivity contribution in [1.29, 1.82) is 0 Å². The molecule has 0 atom stereocenters. The molecule has 6 heteroatoms. The maximum Gasteiger partial charge on any atom is 0.339 e. The van der Waals surface area contributed by atoms with Gasteiger partial charge >= 0.3 is 5.97 Å². The van der Waals surface area contributed by atoms with E-state index in [2.05, 4.69) is 5.32 Å². The van der Waals surface area contributed by atoms with Crippen molar-refractivity contribution in [3.8, 4) is 0 Å². The molecule has 0 saturated carbocycles. The molecule has 1 N–H and O–H groups in total. The molecule has 1 aromatic heterocycles. The number of nitrogens with zero attached hydrogens (tertiary/aromatic N) is 1. The van der Waals surface area contributed by atoms with Crippen LogP contribution in [-0.2, 0) is 22.4 Å². The van der Waals surface area contributed by atoms with Crippen LogP contribution in [0.25, 0.3) is 10.9 Å². The Kier molecular flexibility index (Phi) is 5.25.